The lowest BCUT2D eigenvalue weighted by atomic mass is 9.65. The molecule has 1 aliphatic carbocycles. The first-order valence-corrected chi connectivity index (χ1v) is 32.2. The van der Waals surface area contributed by atoms with Gasteiger partial charge >= 0.3 is 0 Å². The van der Waals surface area contributed by atoms with Gasteiger partial charge in [-0.3, -0.25) is 19.2 Å². The van der Waals surface area contributed by atoms with Gasteiger partial charge in [-0.25, -0.2) is 0 Å². The van der Waals surface area contributed by atoms with Crippen LogP contribution in [0, 0.1) is 23.7 Å². The lowest BCUT2D eigenvalue weighted by Crippen LogP contribution is -2.59. The van der Waals surface area contributed by atoms with Crippen LogP contribution in [0.4, 0.5) is 0 Å². The van der Waals surface area contributed by atoms with Gasteiger partial charge in [0.05, 0.1) is 24.4 Å². The average molecular weight is 1060 g/mol. The van der Waals surface area contributed by atoms with Gasteiger partial charge in [0, 0.05) is 25.9 Å². The Balaban J connectivity index is 1.71. The SMILES string of the molecule is CCCCCCCCCCCCC(CCCCCCCCCC)CNC(=O)C(O)(c1ccco1)C1CC(=O)C(C(O)(C(=O)NCC(CCCCCCCCCC)CCCCCCCCCCCC)c2ccco2)CC1=O. The molecule has 10 heteroatoms. The highest BCUT2D eigenvalue weighted by molar-refractivity contribution is 6.04. The van der Waals surface area contributed by atoms with E-state index < -0.39 is 59.3 Å². The van der Waals surface area contributed by atoms with Crippen molar-refractivity contribution in [2.75, 3.05) is 13.1 Å². The normalized spacial score (nSPS) is 17.3. The minimum absolute atomic E-state index is 0.118. The van der Waals surface area contributed by atoms with E-state index >= 15 is 0 Å². The van der Waals surface area contributed by atoms with E-state index in [1.807, 2.05) is 0 Å². The van der Waals surface area contributed by atoms with E-state index in [1.54, 1.807) is 12.1 Å². The molecular formula is C66H114N2O8. The Hall–Kier alpha value is -3.24. The van der Waals surface area contributed by atoms with Crippen LogP contribution < -0.4 is 10.6 Å². The molecule has 3 rings (SSSR count). The number of aliphatic hydroxyl groups is 2. The minimum Gasteiger partial charge on any atom is -0.466 e. The zero-order valence-corrected chi connectivity index (χ0v) is 49.2. The summed E-state index contributed by atoms with van der Waals surface area (Å²) in [4.78, 5) is 58.1. The summed E-state index contributed by atoms with van der Waals surface area (Å²) in [5, 5.41) is 31.2. The largest absolute Gasteiger partial charge is 0.466 e. The van der Waals surface area contributed by atoms with E-state index in [1.165, 1.54) is 204 Å². The zero-order valence-electron chi connectivity index (χ0n) is 49.2. The number of amides is 2. The van der Waals surface area contributed by atoms with Crippen LogP contribution in [0.5, 0.6) is 0 Å². The highest BCUT2D eigenvalue weighted by Gasteiger charge is 2.60. The molecule has 1 saturated carbocycles. The monoisotopic (exact) mass is 1060 g/mol. The fourth-order valence-electron chi connectivity index (χ4n) is 12.0. The van der Waals surface area contributed by atoms with Gasteiger partial charge in [0.1, 0.15) is 23.1 Å². The number of unbranched alkanes of at least 4 members (excludes halogenated alkanes) is 32. The minimum atomic E-state index is -2.48. The number of Topliss-reactive ketones (excluding diaryl/α,β-unsaturated/α-hetero) is 2. The van der Waals surface area contributed by atoms with Crippen LogP contribution in [0.2, 0.25) is 0 Å². The molecular weight excluding hydrogens is 949 g/mol. The molecule has 0 radical (unpaired) electrons. The molecule has 0 aliphatic heterocycles. The lowest BCUT2D eigenvalue weighted by molar-refractivity contribution is -0.171. The molecule has 0 spiro atoms. The Morgan fingerprint density at radius 1 is 0.434 bits per heavy atom. The van der Waals surface area contributed by atoms with Gasteiger partial charge in [0.15, 0.2) is 0 Å². The number of hydrogen-bond donors (Lipinski definition) is 4. The van der Waals surface area contributed by atoms with Crippen molar-refractivity contribution >= 4 is 23.4 Å². The van der Waals surface area contributed by atoms with Crippen molar-refractivity contribution in [3.05, 3.63) is 48.3 Å². The number of carbonyl (C=O) groups excluding carboxylic acids is 4. The lowest BCUT2D eigenvalue weighted by Gasteiger charge is -2.40. The molecule has 1 fully saturated rings. The van der Waals surface area contributed by atoms with E-state index in [2.05, 4.69) is 38.3 Å². The number of carbonyl (C=O) groups is 4. The van der Waals surface area contributed by atoms with Gasteiger partial charge in [-0.1, -0.05) is 259 Å². The summed E-state index contributed by atoms with van der Waals surface area (Å²) in [7, 11) is 0. The number of ketones is 2. The third-order valence-corrected chi connectivity index (χ3v) is 17.0. The molecule has 0 saturated heterocycles. The first kappa shape index (κ1) is 67.0. The average Bonchev–Trinajstić information content (AvgIpc) is 4.24. The predicted octanol–water partition coefficient (Wildman–Crippen LogP) is 17.3. The summed E-state index contributed by atoms with van der Waals surface area (Å²) in [5.41, 5.74) is -4.96. The van der Waals surface area contributed by atoms with Crippen LogP contribution >= 0.6 is 0 Å². The Morgan fingerprint density at radius 3 is 0.895 bits per heavy atom. The molecule has 2 aromatic heterocycles. The van der Waals surface area contributed by atoms with E-state index in [0.717, 1.165) is 77.0 Å². The number of furan rings is 2. The molecule has 10 nitrogen and oxygen atoms in total. The molecule has 2 heterocycles. The smallest absolute Gasteiger partial charge is 0.260 e. The maximum atomic E-state index is 14.5. The summed E-state index contributed by atoms with van der Waals surface area (Å²) in [5.74, 6) is -5.59. The summed E-state index contributed by atoms with van der Waals surface area (Å²) in [6.45, 7) is 9.66. The second kappa shape index (κ2) is 41.8. The van der Waals surface area contributed by atoms with Crippen molar-refractivity contribution in [2.45, 2.75) is 309 Å². The van der Waals surface area contributed by atoms with Crippen LogP contribution in [-0.2, 0) is 30.4 Å². The maximum absolute atomic E-state index is 14.5. The Morgan fingerprint density at radius 2 is 0.671 bits per heavy atom. The molecule has 0 bridgehead atoms. The van der Waals surface area contributed by atoms with Gasteiger partial charge in [-0.05, 0) is 61.8 Å². The topological polar surface area (TPSA) is 159 Å². The molecule has 1 aliphatic rings. The summed E-state index contributed by atoms with van der Waals surface area (Å²) in [6.07, 6.45) is 49.9. The third-order valence-electron chi connectivity index (χ3n) is 17.0. The fourth-order valence-corrected chi connectivity index (χ4v) is 12.0. The molecule has 2 aromatic rings. The summed E-state index contributed by atoms with van der Waals surface area (Å²) in [6, 6.07) is 6.05. The second-order valence-electron chi connectivity index (χ2n) is 23.6. The van der Waals surface area contributed by atoms with Crippen molar-refractivity contribution in [1.82, 2.24) is 10.6 Å². The van der Waals surface area contributed by atoms with E-state index in [4.69, 9.17) is 8.83 Å². The molecule has 6 unspecified atom stereocenters. The molecule has 0 aromatic carbocycles. The van der Waals surface area contributed by atoms with Crippen LogP contribution in [0.15, 0.2) is 45.6 Å². The van der Waals surface area contributed by atoms with Crippen molar-refractivity contribution in [1.29, 1.82) is 0 Å². The second-order valence-corrected chi connectivity index (χ2v) is 23.6. The van der Waals surface area contributed by atoms with Crippen LogP contribution in [0.1, 0.15) is 309 Å². The Bertz CT molecular complexity index is 1620. The first-order chi connectivity index (χ1) is 37.1. The van der Waals surface area contributed by atoms with Crippen LogP contribution in [-0.4, -0.2) is 46.7 Å². The van der Waals surface area contributed by atoms with Crippen LogP contribution in [0.25, 0.3) is 0 Å². The van der Waals surface area contributed by atoms with Gasteiger partial charge in [0.2, 0.25) is 11.2 Å². The third kappa shape index (κ3) is 25.3. The predicted molar refractivity (Wildman–Crippen MR) is 312 cm³/mol. The van der Waals surface area contributed by atoms with Gasteiger partial charge < -0.3 is 29.7 Å². The van der Waals surface area contributed by atoms with E-state index in [0.29, 0.717) is 13.1 Å². The Labute approximate surface area is 464 Å². The molecule has 4 N–H and O–H groups in total. The molecule has 436 valence electrons. The van der Waals surface area contributed by atoms with Crippen molar-refractivity contribution < 1.29 is 38.2 Å². The van der Waals surface area contributed by atoms with Crippen molar-refractivity contribution in [2.24, 2.45) is 23.7 Å². The molecule has 2 amide bonds. The summed E-state index contributed by atoms with van der Waals surface area (Å²) >= 11 is 0. The fraction of sp³-hybridized carbons (Fsp3) is 0.818. The highest BCUT2D eigenvalue weighted by atomic mass is 16.4. The van der Waals surface area contributed by atoms with Gasteiger partial charge in [0.25, 0.3) is 11.8 Å². The van der Waals surface area contributed by atoms with Crippen molar-refractivity contribution in [3.63, 3.8) is 0 Å². The highest BCUT2D eigenvalue weighted by Crippen LogP contribution is 2.44. The number of nitrogens with one attached hydrogen (secondary N) is 2. The number of rotatable bonds is 50. The Kier molecular flexibility index (Phi) is 36.8. The number of hydrogen-bond acceptors (Lipinski definition) is 8. The summed E-state index contributed by atoms with van der Waals surface area (Å²) < 4.78 is 11.4. The van der Waals surface area contributed by atoms with E-state index in [-0.39, 0.29) is 23.4 Å². The van der Waals surface area contributed by atoms with E-state index in [9.17, 15) is 29.4 Å². The van der Waals surface area contributed by atoms with Crippen molar-refractivity contribution in [3.8, 4) is 0 Å². The quantitative estimate of drug-likeness (QED) is 0.0477. The molecule has 6 atom stereocenters. The molecule has 76 heavy (non-hydrogen) atoms. The standard InChI is InChI=1S/C66H114N2O8/c1-5-9-13-17-21-25-27-31-35-39-45-55(43-37-33-29-23-19-15-11-7-3)53-67-63(71)65(73,61-47-41-49-75-61)57-51-60(70)58(52-59(57)69)66(74,62-48-42-50-76-62)64(72)68-54-56(44-38-34-30-24-20-16-12-8-4)46-40-36-32-28-26-22-18-14-10-6-2/h41-42,47-50,55-58,73-74H,5-40,43-46,51-54H2,1-4H3,(H,67,71)(H,68,72). The van der Waals surface area contributed by atoms with Crippen LogP contribution in [0.3, 0.4) is 0 Å². The maximum Gasteiger partial charge on any atom is 0.260 e. The van der Waals surface area contributed by atoms with Gasteiger partial charge in [-0.2, -0.15) is 0 Å². The van der Waals surface area contributed by atoms with Gasteiger partial charge in [-0.15, -0.1) is 0 Å². The first-order valence-electron chi connectivity index (χ1n) is 32.2. The zero-order chi connectivity index (χ0) is 55.0.